The Kier molecular flexibility index (Phi) is 4.94. The molecule has 6 heteroatoms. The first kappa shape index (κ1) is 15.1. The Morgan fingerprint density at radius 2 is 2.05 bits per heavy atom. The van der Waals surface area contributed by atoms with Crippen LogP contribution in [0.1, 0.15) is 26.3 Å². The van der Waals surface area contributed by atoms with Gasteiger partial charge in [-0.2, -0.15) is 11.8 Å². The summed E-state index contributed by atoms with van der Waals surface area (Å²) in [4.78, 5) is 26.7. The second-order valence-electron chi connectivity index (χ2n) is 4.32. The van der Waals surface area contributed by atoms with E-state index in [1.165, 1.54) is 18.3 Å². The normalized spacial score (nSPS) is 10.1. The molecule has 0 atom stereocenters. The molecule has 1 aromatic carbocycles. The van der Waals surface area contributed by atoms with E-state index >= 15 is 0 Å². The first-order valence-electron chi connectivity index (χ1n) is 6.18. The molecule has 0 aliphatic rings. The number of aromatic nitrogens is 1. The van der Waals surface area contributed by atoms with Crippen molar-refractivity contribution in [3.8, 4) is 0 Å². The first-order chi connectivity index (χ1) is 10.1. The van der Waals surface area contributed by atoms with E-state index in [0.717, 1.165) is 11.3 Å². The number of rotatable bonds is 5. The molecule has 0 bridgehead atoms. The third kappa shape index (κ3) is 4.06. The monoisotopic (exact) mass is 302 g/mol. The van der Waals surface area contributed by atoms with Gasteiger partial charge in [-0.15, -0.1) is 0 Å². The van der Waals surface area contributed by atoms with E-state index in [4.69, 9.17) is 5.11 Å². The van der Waals surface area contributed by atoms with Crippen LogP contribution in [0.3, 0.4) is 0 Å². The molecule has 0 unspecified atom stereocenters. The van der Waals surface area contributed by atoms with E-state index in [9.17, 15) is 9.59 Å². The van der Waals surface area contributed by atoms with Crippen molar-refractivity contribution in [2.24, 2.45) is 0 Å². The Morgan fingerprint density at radius 1 is 1.24 bits per heavy atom. The van der Waals surface area contributed by atoms with E-state index < -0.39 is 5.97 Å². The molecule has 0 fully saturated rings. The zero-order chi connectivity index (χ0) is 15.2. The summed E-state index contributed by atoms with van der Waals surface area (Å²) in [7, 11) is 0. The van der Waals surface area contributed by atoms with E-state index in [1.807, 2.05) is 24.5 Å². The van der Waals surface area contributed by atoms with Gasteiger partial charge in [-0.3, -0.25) is 4.79 Å². The number of nitrogens with one attached hydrogen (secondary N) is 1. The highest BCUT2D eigenvalue weighted by molar-refractivity contribution is 7.97. The van der Waals surface area contributed by atoms with Crippen LogP contribution in [0, 0.1) is 0 Å². The minimum Gasteiger partial charge on any atom is -0.478 e. The number of carbonyl (C=O) groups excluding carboxylic acids is 1. The van der Waals surface area contributed by atoms with Crippen molar-refractivity contribution in [3.05, 3.63) is 59.3 Å². The molecule has 0 spiro atoms. The Morgan fingerprint density at radius 3 is 2.67 bits per heavy atom. The number of thioether (sulfide) groups is 1. The number of nitrogens with zero attached hydrogens (tertiary/aromatic N) is 1. The predicted octanol–water partition coefficient (Wildman–Crippen LogP) is 2.90. The summed E-state index contributed by atoms with van der Waals surface area (Å²) in [5, 5.41) is 11.4. The number of hydrogen-bond acceptors (Lipinski definition) is 4. The van der Waals surface area contributed by atoms with Gasteiger partial charge < -0.3 is 10.4 Å². The van der Waals surface area contributed by atoms with Crippen LogP contribution in [-0.4, -0.2) is 28.2 Å². The third-order valence-electron chi connectivity index (χ3n) is 2.75. The maximum absolute atomic E-state index is 12.1. The lowest BCUT2D eigenvalue weighted by Crippen LogP contribution is -2.13. The fourth-order valence-electron chi connectivity index (χ4n) is 1.75. The molecule has 5 nitrogen and oxygen atoms in total. The van der Waals surface area contributed by atoms with Crippen LogP contribution in [-0.2, 0) is 5.75 Å². The maximum Gasteiger partial charge on any atom is 0.337 e. The van der Waals surface area contributed by atoms with Gasteiger partial charge in [0, 0.05) is 17.5 Å². The van der Waals surface area contributed by atoms with Crippen LogP contribution in [0.15, 0.2) is 42.6 Å². The topological polar surface area (TPSA) is 79.3 Å². The first-order valence-corrected chi connectivity index (χ1v) is 7.58. The lowest BCUT2D eigenvalue weighted by Gasteiger charge is -2.06. The Bertz CT molecular complexity index is 656. The number of hydrogen-bond donors (Lipinski definition) is 2. The highest BCUT2D eigenvalue weighted by Gasteiger charge is 2.08. The van der Waals surface area contributed by atoms with Crippen LogP contribution in [0.2, 0.25) is 0 Å². The minimum atomic E-state index is -1.05. The van der Waals surface area contributed by atoms with Crippen molar-refractivity contribution in [3.63, 3.8) is 0 Å². The van der Waals surface area contributed by atoms with Gasteiger partial charge in [0.25, 0.3) is 5.91 Å². The number of carbonyl (C=O) groups is 2. The molecular formula is C15H14N2O3S. The van der Waals surface area contributed by atoms with Crippen LogP contribution in [0.5, 0.6) is 0 Å². The Labute approximate surface area is 126 Å². The molecule has 2 N–H and O–H groups in total. The number of carboxylic acids is 1. The zero-order valence-corrected chi connectivity index (χ0v) is 12.2. The highest BCUT2D eigenvalue weighted by Crippen LogP contribution is 2.13. The molecule has 2 rings (SSSR count). The number of benzene rings is 1. The van der Waals surface area contributed by atoms with Crippen molar-refractivity contribution in [1.29, 1.82) is 0 Å². The van der Waals surface area contributed by atoms with Crippen LogP contribution in [0.4, 0.5) is 5.82 Å². The maximum atomic E-state index is 12.1. The van der Waals surface area contributed by atoms with Crippen LogP contribution < -0.4 is 5.32 Å². The average Bonchev–Trinajstić information content (AvgIpc) is 2.48. The summed E-state index contributed by atoms with van der Waals surface area (Å²) < 4.78 is 0. The fraction of sp³-hybridized carbons (Fsp3) is 0.133. The van der Waals surface area contributed by atoms with Gasteiger partial charge >= 0.3 is 5.97 Å². The number of anilines is 1. The molecule has 0 saturated heterocycles. The van der Waals surface area contributed by atoms with Crippen LogP contribution in [0.25, 0.3) is 0 Å². The summed E-state index contributed by atoms with van der Waals surface area (Å²) in [5.41, 5.74) is 1.70. The average molecular weight is 302 g/mol. The molecule has 0 aliphatic carbocycles. The predicted molar refractivity (Wildman–Crippen MR) is 82.8 cm³/mol. The quantitative estimate of drug-likeness (QED) is 0.887. The molecule has 0 saturated carbocycles. The minimum absolute atomic E-state index is 0.0787. The molecule has 21 heavy (non-hydrogen) atoms. The number of pyridine rings is 1. The van der Waals surface area contributed by atoms with Crippen molar-refractivity contribution >= 4 is 29.5 Å². The lowest BCUT2D eigenvalue weighted by molar-refractivity contribution is 0.0696. The second-order valence-corrected chi connectivity index (χ2v) is 5.19. The molecule has 108 valence electrons. The largest absolute Gasteiger partial charge is 0.478 e. The summed E-state index contributed by atoms with van der Waals surface area (Å²) in [6.07, 6.45) is 3.21. The molecular weight excluding hydrogens is 288 g/mol. The summed E-state index contributed by atoms with van der Waals surface area (Å²) in [5.74, 6) is -0.161. The van der Waals surface area contributed by atoms with E-state index in [1.54, 1.807) is 17.8 Å². The smallest absolute Gasteiger partial charge is 0.337 e. The lowest BCUT2D eigenvalue weighted by atomic mass is 10.1. The molecule has 1 heterocycles. The van der Waals surface area contributed by atoms with Gasteiger partial charge in [-0.25, -0.2) is 9.78 Å². The number of amides is 1. The Hall–Kier alpha value is -2.34. The number of carboxylic acid groups (broad SMARTS) is 1. The molecule has 2 aromatic rings. The van der Waals surface area contributed by atoms with Crippen molar-refractivity contribution in [1.82, 2.24) is 4.98 Å². The fourth-order valence-corrected chi connectivity index (χ4v) is 2.26. The number of aromatic carboxylic acids is 1. The van der Waals surface area contributed by atoms with Gasteiger partial charge in [0.1, 0.15) is 5.82 Å². The van der Waals surface area contributed by atoms with E-state index in [-0.39, 0.29) is 11.5 Å². The van der Waals surface area contributed by atoms with Gasteiger partial charge in [-0.1, -0.05) is 12.1 Å². The zero-order valence-electron chi connectivity index (χ0n) is 11.4. The molecule has 0 aliphatic heterocycles. The van der Waals surface area contributed by atoms with Crippen molar-refractivity contribution in [2.75, 3.05) is 11.6 Å². The summed E-state index contributed by atoms with van der Waals surface area (Å²) >= 11 is 1.68. The molecule has 1 aromatic heterocycles. The van der Waals surface area contributed by atoms with Crippen molar-refractivity contribution < 1.29 is 14.7 Å². The molecule has 0 radical (unpaired) electrons. The summed E-state index contributed by atoms with van der Waals surface area (Å²) in [6.45, 7) is 0. The van der Waals surface area contributed by atoms with Gasteiger partial charge in [0.05, 0.1) is 5.56 Å². The Balaban J connectivity index is 2.10. The third-order valence-corrected chi connectivity index (χ3v) is 3.37. The SMILES string of the molecule is CSCc1cccc(C(=O)Nc2ccc(C(=O)O)cn2)c1. The van der Waals surface area contributed by atoms with Gasteiger partial charge in [0.2, 0.25) is 0 Å². The van der Waals surface area contributed by atoms with Gasteiger partial charge in [-0.05, 0) is 36.1 Å². The van der Waals surface area contributed by atoms with Crippen molar-refractivity contribution in [2.45, 2.75) is 5.75 Å². The van der Waals surface area contributed by atoms with E-state index in [2.05, 4.69) is 10.3 Å². The summed E-state index contributed by atoms with van der Waals surface area (Å²) in [6, 6.07) is 10.2. The standard InChI is InChI=1S/C15H14N2O3S/c1-21-9-10-3-2-4-11(7-10)14(18)17-13-6-5-12(8-16-13)15(19)20/h2-8H,9H2,1H3,(H,19,20)(H,16,17,18). The molecule has 1 amide bonds. The van der Waals surface area contributed by atoms with Crippen LogP contribution >= 0.6 is 11.8 Å². The highest BCUT2D eigenvalue weighted by atomic mass is 32.2. The second kappa shape index (κ2) is 6.90. The van der Waals surface area contributed by atoms with Gasteiger partial charge in [0.15, 0.2) is 0 Å². The van der Waals surface area contributed by atoms with E-state index in [0.29, 0.717) is 11.4 Å².